The molecule has 0 radical (unpaired) electrons. The van der Waals surface area contributed by atoms with Crippen molar-refractivity contribution in [1.29, 1.82) is 0 Å². The van der Waals surface area contributed by atoms with E-state index in [0.29, 0.717) is 5.56 Å². The van der Waals surface area contributed by atoms with Gasteiger partial charge in [-0.05, 0) is 74.9 Å². The van der Waals surface area contributed by atoms with Crippen molar-refractivity contribution in [2.75, 3.05) is 5.32 Å². The van der Waals surface area contributed by atoms with Crippen molar-refractivity contribution in [3.05, 3.63) is 40.5 Å². The molecule has 1 aliphatic rings. The van der Waals surface area contributed by atoms with Crippen LogP contribution in [0.1, 0.15) is 36.6 Å². The van der Waals surface area contributed by atoms with Gasteiger partial charge in [-0.15, -0.1) is 11.3 Å². The van der Waals surface area contributed by atoms with Gasteiger partial charge in [0, 0.05) is 10.4 Å². The predicted octanol–water partition coefficient (Wildman–Crippen LogP) is 5.53. The summed E-state index contributed by atoms with van der Waals surface area (Å²) in [5, 5.41) is 4.88. The highest BCUT2D eigenvalue weighted by atomic mass is 32.1. The van der Waals surface area contributed by atoms with E-state index < -0.39 is 0 Å². The summed E-state index contributed by atoms with van der Waals surface area (Å²) in [5.41, 5.74) is 3.29. The van der Waals surface area contributed by atoms with Crippen molar-refractivity contribution in [2.45, 2.75) is 45.6 Å². The van der Waals surface area contributed by atoms with Crippen molar-refractivity contribution in [2.24, 2.45) is 0 Å². The van der Waals surface area contributed by atoms with Crippen LogP contribution in [0.5, 0.6) is 0 Å². The Bertz CT molecular complexity index is 640. The highest BCUT2D eigenvalue weighted by Crippen LogP contribution is 2.40. The lowest BCUT2D eigenvalue weighted by Crippen LogP contribution is -2.41. The highest BCUT2D eigenvalue weighted by molar-refractivity contribution is 7.16. The average Bonchev–Trinajstić information content (AvgIpc) is 2.72. The molecule has 1 heterocycles. The molecule has 1 aromatic carbocycles. The summed E-state index contributed by atoms with van der Waals surface area (Å²) >= 11 is 1.79. The second-order valence-corrected chi connectivity index (χ2v) is 7.34. The Kier molecular flexibility index (Phi) is 3.33. The lowest BCUT2D eigenvalue weighted by atomic mass is 9.79. The molecule has 0 unspecified atom stereocenters. The molecule has 2 aromatic rings. The maximum absolute atomic E-state index is 13.4. The third-order valence-electron chi connectivity index (χ3n) is 4.27. The summed E-state index contributed by atoms with van der Waals surface area (Å²) in [5.74, 6) is -0.137. The first-order chi connectivity index (χ1) is 9.47. The van der Waals surface area contributed by atoms with Crippen LogP contribution < -0.4 is 5.32 Å². The fraction of sp³-hybridized carbons (Fsp3) is 0.412. The number of hydrogen-bond acceptors (Lipinski definition) is 2. The van der Waals surface area contributed by atoms with E-state index in [9.17, 15) is 4.39 Å². The molecule has 1 nitrogen and oxygen atoms in total. The lowest BCUT2D eigenvalue weighted by Gasteiger charge is -2.39. The smallest absolute Gasteiger partial charge is 0.126 e. The minimum atomic E-state index is -0.137. The van der Waals surface area contributed by atoms with Crippen LogP contribution in [0.15, 0.2) is 24.3 Å². The van der Waals surface area contributed by atoms with Crippen LogP contribution in [-0.4, -0.2) is 5.54 Å². The van der Waals surface area contributed by atoms with Gasteiger partial charge in [0.1, 0.15) is 5.82 Å². The van der Waals surface area contributed by atoms with Crippen LogP contribution >= 0.6 is 11.3 Å². The SMILES string of the molecule is Cc1cc(-c2cc(NC3(C)CCC3)sc2C)ccc1F. The minimum absolute atomic E-state index is 0.137. The van der Waals surface area contributed by atoms with Gasteiger partial charge in [-0.3, -0.25) is 0 Å². The molecule has 20 heavy (non-hydrogen) atoms. The first-order valence-electron chi connectivity index (χ1n) is 7.12. The Labute approximate surface area is 123 Å². The zero-order chi connectivity index (χ0) is 14.3. The summed E-state index contributed by atoms with van der Waals surface area (Å²) in [4.78, 5) is 1.28. The zero-order valence-electron chi connectivity index (χ0n) is 12.2. The Morgan fingerprint density at radius 3 is 2.55 bits per heavy atom. The maximum Gasteiger partial charge on any atom is 0.126 e. The fourth-order valence-corrected chi connectivity index (χ4v) is 3.86. The van der Waals surface area contributed by atoms with Gasteiger partial charge in [0.25, 0.3) is 0 Å². The third kappa shape index (κ3) is 2.47. The first-order valence-corrected chi connectivity index (χ1v) is 7.94. The summed E-state index contributed by atoms with van der Waals surface area (Å²) in [6.45, 7) is 6.23. The number of aryl methyl sites for hydroxylation is 2. The van der Waals surface area contributed by atoms with Crippen LogP contribution in [0.3, 0.4) is 0 Å². The van der Waals surface area contributed by atoms with Crippen molar-refractivity contribution < 1.29 is 4.39 Å². The first kappa shape index (κ1) is 13.6. The van der Waals surface area contributed by atoms with Crippen molar-refractivity contribution >= 4 is 16.3 Å². The topological polar surface area (TPSA) is 12.0 Å². The normalized spacial score (nSPS) is 16.8. The Balaban J connectivity index is 1.90. The van der Waals surface area contributed by atoms with E-state index in [4.69, 9.17) is 0 Å². The Morgan fingerprint density at radius 1 is 1.20 bits per heavy atom. The molecule has 3 rings (SSSR count). The molecule has 1 saturated carbocycles. The van der Waals surface area contributed by atoms with E-state index in [1.807, 2.05) is 19.1 Å². The molecule has 106 valence electrons. The van der Waals surface area contributed by atoms with Crippen LogP contribution in [-0.2, 0) is 0 Å². The maximum atomic E-state index is 13.4. The number of halogens is 1. The molecular weight excluding hydrogens is 269 g/mol. The van der Waals surface area contributed by atoms with E-state index in [0.717, 1.165) is 5.56 Å². The molecule has 0 atom stereocenters. The summed E-state index contributed by atoms with van der Waals surface area (Å²) in [6.07, 6.45) is 3.81. The number of anilines is 1. The van der Waals surface area contributed by atoms with E-state index in [1.165, 1.54) is 34.7 Å². The Hall–Kier alpha value is -1.35. The van der Waals surface area contributed by atoms with Crippen molar-refractivity contribution in [3.8, 4) is 11.1 Å². The number of rotatable bonds is 3. The minimum Gasteiger partial charge on any atom is -0.372 e. The molecule has 1 aliphatic carbocycles. The molecule has 1 aromatic heterocycles. The molecule has 0 spiro atoms. The van der Waals surface area contributed by atoms with E-state index in [-0.39, 0.29) is 11.4 Å². The second-order valence-electron chi connectivity index (χ2n) is 6.08. The van der Waals surface area contributed by atoms with Gasteiger partial charge < -0.3 is 5.32 Å². The van der Waals surface area contributed by atoms with Gasteiger partial charge in [0.2, 0.25) is 0 Å². The molecular formula is C17H20FNS. The van der Waals surface area contributed by atoms with Crippen molar-refractivity contribution in [3.63, 3.8) is 0 Å². The second kappa shape index (κ2) is 4.88. The van der Waals surface area contributed by atoms with Crippen LogP contribution in [0.2, 0.25) is 0 Å². The number of thiophene rings is 1. The molecule has 1 fully saturated rings. The average molecular weight is 289 g/mol. The fourth-order valence-electron chi connectivity index (χ4n) is 2.77. The van der Waals surface area contributed by atoms with E-state index in [1.54, 1.807) is 17.4 Å². The molecule has 0 aliphatic heterocycles. The van der Waals surface area contributed by atoms with Gasteiger partial charge in [-0.1, -0.05) is 6.07 Å². The van der Waals surface area contributed by atoms with Crippen LogP contribution in [0.25, 0.3) is 11.1 Å². The third-order valence-corrected chi connectivity index (χ3v) is 5.23. The standard InChI is InChI=1S/C17H20FNS/c1-11-9-13(5-6-15(11)18)14-10-16(20-12(14)2)19-17(3)7-4-8-17/h5-6,9-10,19H,4,7-8H2,1-3H3. The monoisotopic (exact) mass is 289 g/mol. The highest BCUT2D eigenvalue weighted by Gasteiger charge is 2.31. The zero-order valence-corrected chi connectivity index (χ0v) is 13.0. The number of benzene rings is 1. The summed E-state index contributed by atoms with van der Waals surface area (Å²) in [6, 6.07) is 7.56. The number of hydrogen-bond donors (Lipinski definition) is 1. The van der Waals surface area contributed by atoms with Gasteiger partial charge in [0.15, 0.2) is 0 Å². The summed E-state index contributed by atoms with van der Waals surface area (Å²) in [7, 11) is 0. The molecule has 1 N–H and O–H groups in total. The van der Waals surface area contributed by atoms with Crippen LogP contribution in [0, 0.1) is 19.7 Å². The van der Waals surface area contributed by atoms with Crippen LogP contribution in [0.4, 0.5) is 9.39 Å². The van der Waals surface area contributed by atoms with Gasteiger partial charge in [0.05, 0.1) is 5.00 Å². The summed E-state index contributed by atoms with van der Waals surface area (Å²) < 4.78 is 13.4. The van der Waals surface area contributed by atoms with E-state index >= 15 is 0 Å². The van der Waals surface area contributed by atoms with Gasteiger partial charge in [-0.25, -0.2) is 4.39 Å². The molecule has 0 amide bonds. The van der Waals surface area contributed by atoms with Crippen molar-refractivity contribution in [1.82, 2.24) is 0 Å². The molecule has 0 bridgehead atoms. The quantitative estimate of drug-likeness (QED) is 0.784. The molecule has 0 saturated heterocycles. The number of nitrogens with one attached hydrogen (secondary N) is 1. The van der Waals surface area contributed by atoms with Gasteiger partial charge in [-0.2, -0.15) is 0 Å². The van der Waals surface area contributed by atoms with Gasteiger partial charge >= 0.3 is 0 Å². The van der Waals surface area contributed by atoms with E-state index in [2.05, 4.69) is 25.2 Å². The Morgan fingerprint density at radius 2 is 1.95 bits per heavy atom. The predicted molar refractivity (Wildman–Crippen MR) is 85.1 cm³/mol. The largest absolute Gasteiger partial charge is 0.372 e. The lowest BCUT2D eigenvalue weighted by molar-refractivity contribution is 0.307. The molecule has 3 heteroatoms.